The van der Waals surface area contributed by atoms with Gasteiger partial charge in [0.15, 0.2) is 0 Å². The molecule has 0 unspecified atom stereocenters. The fraction of sp³-hybridized carbons (Fsp3) is 0.438. The zero-order chi connectivity index (χ0) is 14.9. The molecule has 0 fully saturated rings. The zero-order valence-corrected chi connectivity index (χ0v) is 13.3. The van der Waals surface area contributed by atoms with E-state index in [-0.39, 0.29) is 0 Å². The standard InChI is InChI=1S/C16H24N4/c1-11-7-8-15(12(2)9-11)19(5)16-14(10-17-4)13(3)18-20(16)6/h7-9,17H,10H2,1-6H3. The van der Waals surface area contributed by atoms with Gasteiger partial charge in [0.1, 0.15) is 5.82 Å². The van der Waals surface area contributed by atoms with Gasteiger partial charge in [0.2, 0.25) is 0 Å². The summed E-state index contributed by atoms with van der Waals surface area (Å²) < 4.78 is 1.96. The molecule has 20 heavy (non-hydrogen) atoms. The van der Waals surface area contributed by atoms with Crippen LogP contribution in [0.25, 0.3) is 0 Å². The average molecular weight is 272 g/mol. The van der Waals surface area contributed by atoms with Crippen LogP contribution in [0.1, 0.15) is 22.4 Å². The van der Waals surface area contributed by atoms with Gasteiger partial charge in [0.25, 0.3) is 0 Å². The molecule has 1 N–H and O–H groups in total. The van der Waals surface area contributed by atoms with Crippen molar-refractivity contribution in [2.45, 2.75) is 27.3 Å². The van der Waals surface area contributed by atoms with Gasteiger partial charge in [-0.2, -0.15) is 5.10 Å². The van der Waals surface area contributed by atoms with Gasteiger partial charge in [0.05, 0.1) is 5.69 Å². The molecule has 0 radical (unpaired) electrons. The summed E-state index contributed by atoms with van der Waals surface area (Å²) in [6.07, 6.45) is 0. The van der Waals surface area contributed by atoms with Crippen LogP contribution < -0.4 is 10.2 Å². The van der Waals surface area contributed by atoms with Gasteiger partial charge in [-0.1, -0.05) is 17.7 Å². The number of nitrogens with zero attached hydrogens (tertiary/aromatic N) is 3. The summed E-state index contributed by atoms with van der Waals surface area (Å²) >= 11 is 0. The van der Waals surface area contributed by atoms with Crippen LogP contribution in [0.4, 0.5) is 11.5 Å². The Labute approximate surface area is 121 Å². The van der Waals surface area contributed by atoms with Gasteiger partial charge in [0, 0.05) is 31.9 Å². The highest BCUT2D eigenvalue weighted by atomic mass is 15.4. The predicted molar refractivity (Wildman–Crippen MR) is 84.7 cm³/mol. The summed E-state index contributed by atoms with van der Waals surface area (Å²) in [7, 11) is 6.07. The van der Waals surface area contributed by atoms with Crippen LogP contribution in [0.5, 0.6) is 0 Å². The molecule has 0 atom stereocenters. The first-order valence-electron chi connectivity index (χ1n) is 6.93. The molecule has 0 saturated carbocycles. The third kappa shape index (κ3) is 2.56. The Morgan fingerprint density at radius 2 is 1.95 bits per heavy atom. The molecule has 2 aromatic rings. The minimum absolute atomic E-state index is 0.824. The van der Waals surface area contributed by atoms with Crippen LogP contribution in [0.2, 0.25) is 0 Å². The second-order valence-corrected chi connectivity index (χ2v) is 5.39. The summed E-state index contributed by atoms with van der Waals surface area (Å²) in [6.45, 7) is 7.16. The summed E-state index contributed by atoms with van der Waals surface area (Å²) in [4.78, 5) is 2.22. The van der Waals surface area contributed by atoms with E-state index >= 15 is 0 Å². The highest BCUT2D eigenvalue weighted by Crippen LogP contribution is 2.31. The molecular weight excluding hydrogens is 248 g/mol. The Morgan fingerprint density at radius 3 is 2.55 bits per heavy atom. The summed E-state index contributed by atoms with van der Waals surface area (Å²) in [5.41, 5.74) is 6.11. The Hall–Kier alpha value is -1.81. The van der Waals surface area contributed by atoms with Gasteiger partial charge in [-0.25, -0.2) is 0 Å². The number of nitrogens with one attached hydrogen (secondary N) is 1. The van der Waals surface area contributed by atoms with E-state index in [4.69, 9.17) is 0 Å². The summed E-state index contributed by atoms with van der Waals surface area (Å²) in [5.74, 6) is 1.14. The van der Waals surface area contributed by atoms with Crippen molar-refractivity contribution in [3.8, 4) is 0 Å². The number of aryl methyl sites for hydroxylation is 4. The molecule has 0 amide bonds. The molecule has 0 aliphatic carbocycles. The molecule has 0 spiro atoms. The Balaban J connectivity index is 2.50. The molecule has 0 aliphatic rings. The first-order valence-corrected chi connectivity index (χ1v) is 6.93. The maximum atomic E-state index is 4.56. The maximum Gasteiger partial charge on any atom is 0.135 e. The molecule has 1 heterocycles. The van der Waals surface area contributed by atoms with Crippen LogP contribution in [-0.4, -0.2) is 23.9 Å². The third-order valence-corrected chi connectivity index (χ3v) is 3.70. The Morgan fingerprint density at radius 1 is 1.25 bits per heavy atom. The number of aromatic nitrogens is 2. The van der Waals surface area contributed by atoms with E-state index in [2.05, 4.69) is 61.3 Å². The second kappa shape index (κ2) is 5.67. The highest BCUT2D eigenvalue weighted by Gasteiger charge is 2.18. The van der Waals surface area contributed by atoms with Gasteiger partial charge >= 0.3 is 0 Å². The molecule has 1 aromatic carbocycles. The minimum Gasteiger partial charge on any atom is -0.329 e. The number of anilines is 2. The monoisotopic (exact) mass is 272 g/mol. The molecule has 4 heteroatoms. The molecule has 0 bridgehead atoms. The fourth-order valence-electron chi connectivity index (χ4n) is 2.79. The molecule has 2 rings (SSSR count). The lowest BCUT2D eigenvalue weighted by atomic mass is 10.1. The molecule has 4 nitrogen and oxygen atoms in total. The smallest absolute Gasteiger partial charge is 0.135 e. The molecule has 108 valence electrons. The van der Waals surface area contributed by atoms with Crippen LogP contribution in [0.3, 0.4) is 0 Å². The fourth-order valence-corrected chi connectivity index (χ4v) is 2.79. The van der Waals surface area contributed by atoms with E-state index in [1.165, 1.54) is 22.4 Å². The number of hydrogen-bond donors (Lipinski definition) is 1. The normalized spacial score (nSPS) is 10.9. The topological polar surface area (TPSA) is 33.1 Å². The van der Waals surface area contributed by atoms with Crippen LogP contribution in [-0.2, 0) is 13.6 Å². The lowest BCUT2D eigenvalue weighted by Crippen LogP contribution is -2.18. The van der Waals surface area contributed by atoms with Crippen molar-refractivity contribution in [3.63, 3.8) is 0 Å². The van der Waals surface area contributed by atoms with E-state index in [0.717, 1.165) is 18.1 Å². The Bertz CT molecular complexity index is 613. The zero-order valence-electron chi connectivity index (χ0n) is 13.3. The molecule has 0 aliphatic heterocycles. The average Bonchev–Trinajstić information content (AvgIpc) is 2.64. The third-order valence-electron chi connectivity index (χ3n) is 3.70. The van der Waals surface area contributed by atoms with Crippen LogP contribution in [0.15, 0.2) is 18.2 Å². The van der Waals surface area contributed by atoms with Crippen molar-refractivity contribution < 1.29 is 0 Å². The second-order valence-electron chi connectivity index (χ2n) is 5.39. The van der Waals surface area contributed by atoms with Gasteiger partial charge in [-0.05, 0) is 39.4 Å². The van der Waals surface area contributed by atoms with E-state index < -0.39 is 0 Å². The largest absolute Gasteiger partial charge is 0.329 e. The van der Waals surface area contributed by atoms with Crippen LogP contribution >= 0.6 is 0 Å². The van der Waals surface area contributed by atoms with Crippen molar-refractivity contribution in [2.75, 3.05) is 19.0 Å². The van der Waals surface area contributed by atoms with E-state index in [0.29, 0.717) is 0 Å². The van der Waals surface area contributed by atoms with Crippen molar-refractivity contribution in [1.82, 2.24) is 15.1 Å². The van der Waals surface area contributed by atoms with E-state index in [9.17, 15) is 0 Å². The predicted octanol–water partition coefficient (Wildman–Crippen LogP) is 2.83. The van der Waals surface area contributed by atoms with Crippen molar-refractivity contribution in [2.24, 2.45) is 7.05 Å². The maximum absolute atomic E-state index is 4.56. The lowest BCUT2D eigenvalue weighted by molar-refractivity contribution is 0.749. The number of hydrogen-bond acceptors (Lipinski definition) is 3. The van der Waals surface area contributed by atoms with Gasteiger partial charge in [-0.15, -0.1) is 0 Å². The van der Waals surface area contributed by atoms with E-state index in [1.54, 1.807) is 0 Å². The summed E-state index contributed by atoms with van der Waals surface area (Å²) in [6, 6.07) is 6.54. The molecule has 1 aromatic heterocycles. The number of rotatable bonds is 4. The summed E-state index contributed by atoms with van der Waals surface area (Å²) in [5, 5.41) is 7.79. The molecule has 0 saturated heterocycles. The lowest BCUT2D eigenvalue weighted by Gasteiger charge is -2.23. The van der Waals surface area contributed by atoms with Gasteiger partial charge in [-0.3, -0.25) is 4.68 Å². The van der Waals surface area contributed by atoms with Crippen molar-refractivity contribution in [1.29, 1.82) is 0 Å². The highest BCUT2D eigenvalue weighted by molar-refractivity contribution is 5.66. The molecular formula is C16H24N4. The van der Waals surface area contributed by atoms with E-state index in [1.807, 2.05) is 18.8 Å². The quantitative estimate of drug-likeness (QED) is 0.929. The first kappa shape index (κ1) is 14.6. The van der Waals surface area contributed by atoms with Crippen molar-refractivity contribution >= 4 is 11.5 Å². The van der Waals surface area contributed by atoms with Crippen molar-refractivity contribution in [3.05, 3.63) is 40.6 Å². The van der Waals surface area contributed by atoms with Crippen LogP contribution in [0, 0.1) is 20.8 Å². The minimum atomic E-state index is 0.824. The first-order chi connectivity index (χ1) is 9.45. The Kier molecular flexibility index (Phi) is 4.14. The number of benzene rings is 1. The van der Waals surface area contributed by atoms with Gasteiger partial charge < -0.3 is 10.2 Å². The SMILES string of the molecule is CNCc1c(C)nn(C)c1N(C)c1ccc(C)cc1C.